The number of esters is 1. The fraction of sp³-hybridized carbons (Fsp3) is 0.929. The van der Waals surface area contributed by atoms with Gasteiger partial charge in [0.2, 0.25) is 5.79 Å². The molecule has 28 heavy (non-hydrogen) atoms. The molecule has 14 heteroatoms. The minimum atomic E-state index is -1.93. The number of halogens is 3. The SMILES string of the molecule is CC(=O)OC[C@H]1O[C@H](O[C@]2(CCl)O[C@H](CCl)[C@@H](O)[C@@H]2O)[C@H](O)[C@@H](O)[C@H]1Cl.O.O. The van der Waals surface area contributed by atoms with Gasteiger partial charge >= 0.3 is 5.97 Å². The van der Waals surface area contributed by atoms with Crippen molar-refractivity contribution in [1.29, 1.82) is 0 Å². The standard InChI is InChI=1S/C14H21Cl3O9.2H2O/c1-5(18)23-3-7-8(17)10(20)11(21)13(24-7)26-14(4-16)12(22)9(19)6(2-15)25-14;;/h6-13,19-22H,2-4H2,1H3;2*1H2/t6-,7-,8+,9-,10+,11-,12+,13-,14+;;/m1../s1. The molecule has 11 nitrogen and oxygen atoms in total. The van der Waals surface area contributed by atoms with E-state index in [0.29, 0.717) is 0 Å². The van der Waals surface area contributed by atoms with Gasteiger partial charge in [-0.3, -0.25) is 4.79 Å². The van der Waals surface area contributed by atoms with Crippen LogP contribution < -0.4 is 0 Å². The topological polar surface area (TPSA) is 198 Å². The highest BCUT2D eigenvalue weighted by atomic mass is 35.5. The van der Waals surface area contributed by atoms with Gasteiger partial charge in [0.15, 0.2) is 6.29 Å². The minimum Gasteiger partial charge on any atom is -0.463 e. The first kappa shape index (κ1) is 28.0. The second-order valence-electron chi connectivity index (χ2n) is 6.08. The molecular weight excluding hydrogens is 451 g/mol. The van der Waals surface area contributed by atoms with E-state index in [9.17, 15) is 25.2 Å². The van der Waals surface area contributed by atoms with Crippen LogP contribution in [0.15, 0.2) is 0 Å². The van der Waals surface area contributed by atoms with Crippen LogP contribution in [0, 0.1) is 0 Å². The maximum Gasteiger partial charge on any atom is 0.302 e. The van der Waals surface area contributed by atoms with Crippen molar-refractivity contribution in [2.24, 2.45) is 0 Å². The third-order valence-electron chi connectivity index (χ3n) is 4.23. The largest absolute Gasteiger partial charge is 0.463 e. The lowest BCUT2D eigenvalue weighted by molar-refractivity contribution is -0.357. The van der Waals surface area contributed by atoms with Crippen molar-refractivity contribution >= 4 is 40.8 Å². The average molecular weight is 476 g/mol. The van der Waals surface area contributed by atoms with Crippen molar-refractivity contribution in [2.45, 2.75) is 61.0 Å². The van der Waals surface area contributed by atoms with Gasteiger partial charge in [-0.25, -0.2) is 0 Å². The van der Waals surface area contributed by atoms with Gasteiger partial charge in [-0.05, 0) is 0 Å². The van der Waals surface area contributed by atoms with E-state index in [1.807, 2.05) is 0 Å². The summed E-state index contributed by atoms with van der Waals surface area (Å²) in [5.41, 5.74) is 0. The molecule has 0 aromatic heterocycles. The Balaban J connectivity index is 0.00000364. The molecule has 2 saturated heterocycles. The van der Waals surface area contributed by atoms with Gasteiger partial charge in [0, 0.05) is 6.92 Å². The van der Waals surface area contributed by atoms with Crippen LogP contribution in [0.4, 0.5) is 0 Å². The molecule has 0 saturated carbocycles. The zero-order valence-corrected chi connectivity index (χ0v) is 17.0. The summed E-state index contributed by atoms with van der Waals surface area (Å²) in [4.78, 5) is 11.0. The van der Waals surface area contributed by atoms with Crippen LogP contribution in [0.5, 0.6) is 0 Å². The first-order chi connectivity index (χ1) is 12.2. The van der Waals surface area contributed by atoms with Crippen molar-refractivity contribution in [3.8, 4) is 0 Å². The summed E-state index contributed by atoms with van der Waals surface area (Å²) in [6.45, 7) is 0.890. The number of hydrogen-bond donors (Lipinski definition) is 4. The maximum atomic E-state index is 11.0. The Hall–Kier alpha value is -0.0200. The summed E-state index contributed by atoms with van der Waals surface area (Å²) in [7, 11) is 0. The van der Waals surface area contributed by atoms with Crippen molar-refractivity contribution in [1.82, 2.24) is 0 Å². The van der Waals surface area contributed by atoms with E-state index in [0.717, 1.165) is 0 Å². The van der Waals surface area contributed by atoms with Crippen LogP contribution in [-0.2, 0) is 23.7 Å². The second kappa shape index (κ2) is 11.4. The molecule has 0 bridgehead atoms. The smallest absolute Gasteiger partial charge is 0.302 e. The van der Waals surface area contributed by atoms with E-state index in [-0.39, 0.29) is 23.4 Å². The van der Waals surface area contributed by atoms with Crippen molar-refractivity contribution < 1.29 is 55.1 Å². The van der Waals surface area contributed by atoms with E-state index < -0.39 is 65.9 Å². The lowest BCUT2D eigenvalue weighted by atomic mass is 10.0. The Morgan fingerprint density at radius 2 is 1.68 bits per heavy atom. The molecule has 0 aromatic rings. The third kappa shape index (κ3) is 5.56. The number of aliphatic hydroxyl groups is 4. The monoisotopic (exact) mass is 474 g/mol. The summed E-state index contributed by atoms with van der Waals surface area (Å²) >= 11 is 17.6. The van der Waals surface area contributed by atoms with Gasteiger partial charge in [0.05, 0.1) is 17.1 Å². The molecule has 0 aliphatic carbocycles. The Morgan fingerprint density at radius 1 is 1.07 bits per heavy atom. The Kier molecular flexibility index (Phi) is 11.4. The molecule has 0 spiro atoms. The molecule has 0 aromatic carbocycles. The Bertz CT molecular complexity index is 501. The van der Waals surface area contributed by atoms with Crippen LogP contribution >= 0.6 is 34.8 Å². The lowest BCUT2D eigenvalue weighted by Crippen LogP contribution is -2.61. The van der Waals surface area contributed by atoms with E-state index in [1.54, 1.807) is 0 Å². The fourth-order valence-corrected chi connectivity index (χ4v) is 3.55. The molecule has 2 rings (SSSR count). The summed E-state index contributed by atoms with van der Waals surface area (Å²) < 4.78 is 21.2. The molecule has 0 unspecified atom stereocenters. The first-order valence-electron chi connectivity index (χ1n) is 7.79. The molecule has 8 N–H and O–H groups in total. The number of alkyl halides is 3. The highest BCUT2D eigenvalue weighted by Crippen LogP contribution is 2.38. The van der Waals surface area contributed by atoms with Gasteiger partial charge in [0.25, 0.3) is 0 Å². The second-order valence-corrected chi connectivity index (χ2v) is 7.16. The number of carbonyl (C=O) groups is 1. The van der Waals surface area contributed by atoms with E-state index >= 15 is 0 Å². The van der Waals surface area contributed by atoms with Gasteiger partial charge in [-0.1, -0.05) is 0 Å². The molecule has 2 heterocycles. The summed E-state index contributed by atoms with van der Waals surface area (Å²) in [6.07, 6.45) is -9.58. The molecule has 2 aliphatic rings. The summed E-state index contributed by atoms with van der Waals surface area (Å²) in [5, 5.41) is 39.4. The fourth-order valence-electron chi connectivity index (χ4n) is 2.74. The Morgan fingerprint density at radius 3 is 2.14 bits per heavy atom. The number of aliphatic hydroxyl groups excluding tert-OH is 4. The van der Waals surface area contributed by atoms with E-state index in [1.165, 1.54) is 6.92 Å². The molecule has 2 fully saturated rings. The molecule has 0 amide bonds. The van der Waals surface area contributed by atoms with Gasteiger partial charge < -0.3 is 50.3 Å². The third-order valence-corrected chi connectivity index (χ3v) is 5.45. The molecule has 9 atom stereocenters. The first-order valence-corrected chi connectivity index (χ1v) is 9.30. The van der Waals surface area contributed by atoms with Crippen molar-refractivity contribution in [2.75, 3.05) is 18.4 Å². The van der Waals surface area contributed by atoms with Crippen LogP contribution in [0.2, 0.25) is 0 Å². The summed E-state index contributed by atoms with van der Waals surface area (Å²) in [6, 6.07) is 0. The quantitative estimate of drug-likeness (QED) is 0.232. The zero-order chi connectivity index (χ0) is 19.6. The van der Waals surface area contributed by atoms with Gasteiger partial charge in [-0.15, -0.1) is 34.8 Å². The predicted octanol–water partition coefficient (Wildman–Crippen LogP) is -2.73. The summed E-state index contributed by atoms with van der Waals surface area (Å²) in [5.74, 6) is -3.09. The van der Waals surface area contributed by atoms with Crippen LogP contribution in [0.1, 0.15) is 6.92 Å². The highest BCUT2D eigenvalue weighted by Gasteiger charge is 2.58. The molecule has 2 aliphatic heterocycles. The van der Waals surface area contributed by atoms with Gasteiger partial charge in [0.1, 0.15) is 43.2 Å². The molecule has 0 radical (unpaired) electrons. The van der Waals surface area contributed by atoms with Crippen molar-refractivity contribution in [3.63, 3.8) is 0 Å². The number of ether oxygens (including phenoxy) is 4. The number of carbonyl (C=O) groups excluding carboxylic acids is 1. The average Bonchev–Trinajstić information content (AvgIpc) is 2.86. The van der Waals surface area contributed by atoms with Crippen LogP contribution in [-0.4, -0.2) is 110 Å². The molecule has 168 valence electrons. The normalized spacial score (nSPS) is 43.0. The predicted molar refractivity (Wildman–Crippen MR) is 96.3 cm³/mol. The molecular formula is C14H25Cl3O11. The van der Waals surface area contributed by atoms with Gasteiger partial charge in [-0.2, -0.15) is 0 Å². The highest BCUT2D eigenvalue weighted by molar-refractivity contribution is 6.21. The van der Waals surface area contributed by atoms with Crippen LogP contribution in [0.25, 0.3) is 0 Å². The van der Waals surface area contributed by atoms with E-state index in [4.69, 9.17) is 53.8 Å². The number of rotatable bonds is 6. The van der Waals surface area contributed by atoms with E-state index in [2.05, 4.69) is 0 Å². The van der Waals surface area contributed by atoms with Crippen LogP contribution in [0.3, 0.4) is 0 Å². The zero-order valence-electron chi connectivity index (χ0n) is 14.7. The lowest BCUT2D eigenvalue weighted by Gasteiger charge is -2.43. The van der Waals surface area contributed by atoms with Crippen molar-refractivity contribution in [3.05, 3.63) is 0 Å². The Labute approximate surface area is 175 Å². The number of hydrogen-bond acceptors (Lipinski definition) is 9. The maximum absolute atomic E-state index is 11.0. The minimum absolute atomic E-state index is 0.